The molecule has 15 heavy (non-hydrogen) atoms. The first-order chi connectivity index (χ1) is 7.15. The van der Waals surface area contributed by atoms with E-state index in [1.165, 1.54) is 6.07 Å². The Hall–Kier alpha value is -1.10. The summed E-state index contributed by atoms with van der Waals surface area (Å²) < 4.78 is 25.5. The fraction of sp³-hybridized carbons (Fsp3) is 0.300. The van der Waals surface area contributed by atoms with Crippen molar-refractivity contribution in [2.24, 2.45) is 4.99 Å². The van der Waals surface area contributed by atoms with Crippen molar-refractivity contribution < 1.29 is 8.78 Å². The number of hydrogen-bond acceptors (Lipinski definition) is 3. The number of aliphatic imine (C=N–C) groups is 1. The predicted octanol–water partition coefficient (Wildman–Crippen LogP) is 2.87. The number of benzene rings is 1. The van der Waals surface area contributed by atoms with Gasteiger partial charge in [0.15, 0.2) is 16.8 Å². The van der Waals surface area contributed by atoms with Gasteiger partial charge >= 0.3 is 0 Å². The first-order valence-corrected chi connectivity index (χ1v) is 5.46. The minimum absolute atomic E-state index is 0.442. The number of nitrogens with one attached hydrogen (secondary N) is 1. The molecule has 1 aromatic carbocycles. The molecule has 0 saturated carbocycles. The van der Waals surface area contributed by atoms with Crippen LogP contribution >= 0.6 is 11.8 Å². The smallest absolute Gasteiger partial charge is 0.161 e. The lowest BCUT2D eigenvalue weighted by Gasteiger charge is -2.05. The molecule has 0 radical (unpaired) electrons. The first kappa shape index (κ1) is 10.4. The summed E-state index contributed by atoms with van der Waals surface area (Å²) in [6.07, 6.45) is 0. The summed E-state index contributed by atoms with van der Waals surface area (Å²) in [4.78, 5) is 4.22. The summed E-state index contributed by atoms with van der Waals surface area (Å²) in [7, 11) is 0. The number of thioether (sulfide) groups is 1. The number of rotatable bonds is 1. The van der Waals surface area contributed by atoms with Crippen LogP contribution in [0.15, 0.2) is 23.2 Å². The molecule has 0 fully saturated rings. The lowest BCUT2D eigenvalue weighted by molar-refractivity contribution is 0.509. The summed E-state index contributed by atoms with van der Waals surface area (Å²) >= 11 is 1.59. The van der Waals surface area contributed by atoms with E-state index in [1.807, 2.05) is 0 Å². The van der Waals surface area contributed by atoms with Gasteiger partial charge in [0.25, 0.3) is 0 Å². The average Bonchev–Trinajstić information content (AvgIpc) is 2.58. The van der Waals surface area contributed by atoms with E-state index in [0.29, 0.717) is 10.9 Å². The van der Waals surface area contributed by atoms with Crippen LogP contribution in [0.25, 0.3) is 0 Å². The maximum atomic E-state index is 12.9. The van der Waals surface area contributed by atoms with E-state index in [9.17, 15) is 8.78 Å². The Morgan fingerprint density at radius 1 is 1.40 bits per heavy atom. The van der Waals surface area contributed by atoms with Crippen molar-refractivity contribution in [2.75, 3.05) is 11.9 Å². The molecule has 0 spiro atoms. The zero-order chi connectivity index (χ0) is 10.8. The molecule has 80 valence electrons. The summed E-state index contributed by atoms with van der Waals surface area (Å²) in [5, 5.41) is 4.15. The second kappa shape index (κ2) is 4.18. The van der Waals surface area contributed by atoms with Crippen LogP contribution < -0.4 is 5.32 Å². The van der Waals surface area contributed by atoms with Gasteiger partial charge in [-0.15, -0.1) is 0 Å². The zero-order valence-corrected chi connectivity index (χ0v) is 8.94. The maximum Gasteiger partial charge on any atom is 0.161 e. The van der Waals surface area contributed by atoms with Crippen LogP contribution in [0, 0.1) is 11.6 Å². The average molecular weight is 228 g/mol. The lowest BCUT2D eigenvalue weighted by Crippen LogP contribution is -2.06. The highest BCUT2D eigenvalue weighted by atomic mass is 32.2. The maximum absolute atomic E-state index is 12.9. The molecule has 0 amide bonds. The quantitative estimate of drug-likeness (QED) is 0.799. The minimum Gasteiger partial charge on any atom is -0.335 e. The van der Waals surface area contributed by atoms with E-state index in [-0.39, 0.29) is 0 Å². The number of anilines is 1. The van der Waals surface area contributed by atoms with Crippen molar-refractivity contribution in [1.82, 2.24) is 0 Å². The molecule has 1 N–H and O–H groups in total. The monoisotopic (exact) mass is 228 g/mol. The molecule has 0 saturated heterocycles. The molecule has 2 rings (SSSR count). The SMILES string of the molecule is CC1CN=C(Nc2ccc(F)c(F)c2)S1. The molecule has 0 bridgehead atoms. The van der Waals surface area contributed by atoms with Crippen LogP contribution in [0.1, 0.15) is 6.92 Å². The van der Waals surface area contributed by atoms with Crippen LogP contribution in [0.2, 0.25) is 0 Å². The largest absolute Gasteiger partial charge is 0.335 e. The molecule has 1 unspecified atom stereocenters. The summed E-state index contributed by atoms with van der Waals surface area (Å²) in [6.45, 7) is 2.82. The fourth-order valence-electron chi connectivity index (χ4n) is 1.24. The molecule has 5 heteroatoms. The van der Waals surface area contributed by atoms with Crippen molar-refractivity contribution in [3.8, 4) is 0 Å². The van der Waals surface area contributed by atoms with Crippen LogP contribution in [0.3, 0.4) is 0 Å². The highest BCUT2D eigenvalue weighted by Crippen LogP contribution is 2.22. The van der Waals surface area contributed by atoms with Gasteiger partial charge in [-0.05, 0) is 12.1 Å². The molecule has 1 aromatic rings. The third kappa shape index (κ3) is 2.47. The minimum atomic E-state index is -0.850. The van der Waals surface area contributed by atoms with E-state index < -0.39 is 11.6 Å². The standard InChI is InChI=1S/C10H10F2N2S/c1-6-5-13-10(15-6)14-7-2-3-8(11)9(12)4-7/h2-4,6H,5H2,1H3,(H,13,14). The van der Waals surface area contributed by atoms with E-state index in [0.717, 1.165) is 23.8 Å². The van der Waals surface area contributed by atoms with E-state index in [2.05, 4.69) is 17.2 Å². The molecular formula is C10H10F2N2S. The third-order valence-electron chi connectivity index (χ3n) is 1.98. The molecule has 1 aliphatic heterocycles. The predicted molar refractivity (Wildman–Crippen MR) is 59.3 cm³/mol. The molecule has 2 nitrogen and oxygen atoms in total. The summed E-state index contributed by atoms with van der Waals surface area (Å²) in [6, 6.07) is 3.72. The Balaban J connectivity index is 2.08. The second-order valence-corrected chi connectivity index (χ2v) is 4.76. The molecule has 1 atom stereocenters. The van der Waals surface area contributed by atoms with Crippen molar-refractivity contribution in [1.29, 1.82) is 0 Å². The highest BCUT2D eigenvalue weighted by molar-refractivity contribution is 8.15. The molecule has 0 aromatic heterocycles. The van der Waals surface area contributed by atoms with Gasteiger partial charge in [0.2, 0.25) is 0 Å². The van der Waals surface area contributed by atoms with Crippen LogP contribution in [0.4, 0.5) is 14.5 Å². The fourth-order valence-corrected chi connectivity index (χ4v) is 2.10. The van der Waals surface area contributed by atoms with Crippen molar-refractivity contribution in [3.63, 3.8) is 0 Å². The lowest BCUT2D eigenvalue weighted by atomic mass is 10.3. The number of nitrogens with zero attached hydrogens (tertiary/aromatic N) is 1. The van der Waals surface area contributed by atoms with Gasteiger partial charge in [-0.25, -0.2) is 8.78 Å². The van der Waals surface area contributed by atoms with Gasteiger partial charge in [0.1, 0.15) is 0 Å². The Kier molecular flexibility index (Phi) is 2.90. The Bertz CT molecular complexity index is 406. The van der Waals surface area contributed by atoms with Gasteiger partial charge in [0.05, 0.1) is 6.54 Å². The molecular weight excluding hydrogens is 218 g/mol. The van der Waals surface area contributed by atoms with Crippen LogP contribution in [0.5, 0.6) is 0 Å². The first-order valence-electron chi connectivity index (χ1n) is 4.58. The van der Waals surface area contributed by atoms with Crippen molar-refractivity contribution in [2.45, 2.75) is 12.2 Å². The van der Waals surface area contributed by atoms with E-state index in [1.54, 1.807) is 11.8 Å². The van der Waals surface area contributed by atoms with Crippen LogP contribution in [-0.2, 0) is 0 Å². The molecule has 0 aliphatic carbocycles. The van der Waals surface area contributed by atoms with Gasteiger partial charge in [0, 0.05) is 17.0 Å². The van der Waals surface area contributed by atoms with Gasteiger partial charge in [-0.2, -0.15) is 0 Å². The number of halogens is 2. The number of hydrogen-bond donors (Lipinski definition) is 1. The van der Waals surface area contributed by atoms with E-state index >= 15 is 0 Å². The summed E-state index contributed by atoms with van der Waals surface area (Å²) in [5.74, 6) is -1.69. The van der Waals surface area contributed by atoms with Crippen LogP contribution in [-0.4, -0.2) is 17.0 Å². The zero-order valence-electron chi connectivity index (χ0n) is 8.13. The Morgan fingerprint density at radius 2 is 2.20 bits per heavy atom. The topological polar surface area (TPSA) is 24.4 Å². The van der Waals surface area contributed by atoms with Gasteiger partial charge in [-0.1, -0.05) is 18.7 Å². The highest BCUT2D eigenvalue weighted by Gasteiger charge is 2.15. The van der Waals surface area contributed by atoms with Gasteiger partial charge < -0.3 is 5.32 Å². The second-order valence-electron chi connectivity index (χ2n) is 3.33. The number of amidine groups is 1. The molecule has 1 aliphatic rings. The molecule has 1 heterocycles. The normalized spacial score (nSPS) is 20.2. The van der Waals surface area contributed by atoms with Crippen molar-refractivity contribution in [3.05, 3.63) is 29.8 Å². The summed E-state index contributed by atoms with van der Waals surface area (Å²) in [5.41, 5.74) is 0.522. The van der Waals surface area contributed by atoms with E-state index in [4.69, 9.17) is 0 Å². The van der Waals surface area contributed by atoms with Gasteiger partial charge in [-0.3, -0.25) is 4.99 Å². The third-order valence-corrected chi connectivity index (χ3v) is 2.98. The Labute approximate surface area is 90.8 Å². The van der Waals surface area contributed by atoms with Crippen molar-refractivity contribution >= 4 is 22.6 Å². The Morgan fingerprint density at radius 3 is 2.80 bits per heavy atom.